The second-order valence-electron chi connectivity index (χ2n) is 8.59. The Bertz CT molecular complexity index is 725. The molecule has 1 aromatic carbocycles. The third-order valence-corrected chi connectivity index (χ3v) is 6.20. The first-order chi connectivity index (χ1) is 15.2. The number of methoxy groups -OCH3 is 1. The normalized spacial score (nSPS) is 19.5. The van der Waals surface area contributed by atoms with Crippen molar-refractivity contribution in [1.29, 1.82) is 0 Å². The lowest BCUT2D eigenvalue weighted by Gasteiger charge is -2.22. The van der Waals surface area contributed by atoms with Gasteiger partial charge in [0.25, 0.3) is 0 Å². The zero-order valence-corrected chi connectivity index (χ0v) is 21.8. The van der Waals surface area contributed by atoms with Crippen LogP contribution >= 0.6 is 24.0 Å². The molecule has 2 fully saturated rings. The van der Waals surface area contributed by atoms with Gasteiger partial charge in [0.1, 0.15) is 0 Å². The molecule has 0 spiro atoms. The van der Waals surface area contributed by atoms with E-state index < -0.39 is 0 Å². The van der Waals surface area contributed by atoms with Crippen LogP contribution in [0.25, 0.3) is 0 Å². The lowest BCUT2D eigenvalue weighted by atomic mass is 9.88. The molecule has 1 aliphatic heterocycles. The van der Waals surface area contributed by atoms with Crippen LogP contribution < -0.4 is 10.6 Å². The van der Waals surface area contributed by atoms with E-state index in [1.54, 1.807) is 7.11 Å². The summed E-state index contributed by atoms with van der Waals surface area (Å²) in [7, 11) is 3.52. The van der Waals surface area contributed by atoms with Gasteiger partial charge in [0.2, 0.25) is 5.91 Å². The SMILES string of the molecule is CN=C(NCc1cccc(NC(=O)C2CCCCC2)c1)N1CCC(COCCOC)C1.I. The largest absolute Gasteiger partial charge is 0.382 e. The highest BCUT2D eigenvalue weighted by atomic mass is 127. The predicted octanol–water partition coefficient (Wildman–Crippen LogP) is 3.88. The number of benzene rings is 1. The van der Waals surface area contributed by atoms with Gasteiger partial charge in [-0.1, -0.05) is 31.4 Å². The number of rotatable bonds is 9. The van der Waals surface area contributed by atoms with E-state index in [-0.39, 0.29) is 35.8 Å². The van der Waals surface area contributed by atoms with E-state index in [1.165, 1.54) is 6.42 Å². The Morgan fingerprint density at radius 1 is 1.19 bits per heavy atom. The van der Waals surface area contributed by atoms with Gasteiger partial charge in [-0.3, -0.25) is 9.79 Å². The van der Waals surface area contributed by atoms with Crippen molar-refractivity contribution in [3.05, 3.63) is 29.8 Å². The van der Waals surface area contributed by atoms with Gasteiger partial charge in [-0.05, 0) is 37.0 Å². The monoisotopic (exact) mass is 558 g/mol. The Labute approximate surface area is 209 Å². The van der Waals surface area contributed by atoms with Gasteiger partial charge in [0.15, 0.2) is 5.96 Å². The second-order valence-corrected chi connectivity index (χ2v) is 8.59. The van der Waals surface area contributed by atoms with E-state index in [0.29, 0.717) is 25.7 Å². The van der Waals surface area contributed by atoms with Gasteiger partial charge in [-0.25, -0.2) is 0 Å². The first kappa shape index (κ1) is 26.9. The molecule has 1 amide bonds. The number of anilines is 1. The quantitative estimate of drug-likeness (QED) is 0.208. The van der Waals surface area contributed by atoms with Gasteiger partial charge in [-0.15, -0.1) is 24.0 Å². The molecule has 8 heteroatoms. The van der Waals surface area contributed by atoms with Crippen LogP contribution in [0.4, 0.5) is 5.69 Å². The molecule has 1 saturated heterocycles. The number of carbonyl (C=O) groups excluding carboxylic acids is 1. The Hall–Kier alpha value is -1.39. The number of aliphatic imine (C=N–C) groups is 1. The molecule has 1 saturated carbocycles. The Morgan fingerprint density at radius 3 is 2.75 bits per heavy atom. The van der Waals surface area contributed by atoms with Gasteiger partial charge in [0, 0.05) is 51.3 Å². The minimum atomic E-state index is 0. The lowest BCUT2D eigenvalue weighted by Crippen LogP contribution is -2.39. The van der Waals surface area contributed by atoms with Crippen LogP contribution in [0, 0.1) is 11.8 Å². The summed E-state index contributed by atoms with van der Waals surface area (Å²) in [5.74, 6) is 1.76. The first-order valence-corrected chi connectivity index (χ1v) is 11.6. The van der Waals surface area contributed by atoms with Crippen LogP contribution in [0.2, 0.25) is 0 Å². The Morgan fingerprint density at radius 2 is 2.00 bits per heavy atom. The number of nitrogens with one attached hydrogen (secondary N) is 2. The third kappa shape index (κ3) is 8.51. The molecule has 7 nitrogen and oxygen atoms in total. The van der Waals surface area contributed by atoms with E-state index >= 15 is 0 Å². The number of carbonyl (C=O) groups is 1. The zero-order chi connectivity index (χ0) is 21.9. The molecule has 1 atom stereocenters. The molecule has 3 rings (SSSR count). The Balaban J connectivity index is 0.00000363. The van der Waals surface area contributed by atoms with E-state index in [9.17, 15) is 4.79 Å². The smallest absolute Gasteiger partial charge is 0.227 e. The van der Waals surface area contributed by atoms with Crippen molar-refractivity contribution in [3.63, 3.8) is 0 Å². The summed E-state index contributed by atoms with van der Waals surface area (Å²) in [5.41, 5.74) is 2.00. The molecule has 2 N–H and O–H groups in total. The van der Waals surface area contributed by atoms with Crippen molar-refractivity contribution in [1.82, 2.24) is 10.2 Å². The maximum absolute atomic E-state index is 12.5. The molecule has 0 bridgehead atoms. The maximum atomic E-state index is 12.5. The van der Waals surface area contributed by atoms with Crippen LogP contribution in [0.5, 0.6) is 0 Å². The molecule has 0 aromatic heterocycles. The number of likely N-dealkylation sites (tertiary alicyclic amines) is 1. The fraction of sp³-hybridized carbons (Fsp3) is 0.667. The maximum Gasteiger partial charge on any atom is 0.227 e. The topological polar surface area (TPSA) is 75.2 Å². The van der Waals surface area contributed by atoms with Gasteiger partial charge in [0.05, 0.1) is 19.8 Å². The standard InChI is InChI=1S/C24H38N4O3.HI/c1-25-24(28-12-11-20(17-28)18-31-14-13-30-2)26-16-19-7-6-10-22(15-19)27-23(29)21-8-4-3-5-9-21;/h6-7,10,15,20-21H,3-5,8-9,11-14,16-18H2,1-2H3,(H,25,26)(H,27,29);1H. The first-order valence-electron chi connectivity index (χ1n) is 11.6. The number of halogens is 1. The highest BCUT2D eigenvalue weighted by Crippen LogP contribution is 2.25. The average Bonchev–Trinajstić information content (AvgIpc) is 3.27. The summed E-state index contributed by atoms with van der Waals surface area (Å²) in [6, 6.07) is 8.09. The molecule has 1 heterocycles. The minimum Gasteiger partial charge on any atom is -0.382 e. The molecule has 1 unspecified atom stereocenters. The van der Waals surface area contributed by atoms with E-state index in [0.717, 1.165) is 69.0 Å². The predicted molar refractivity (Wildman–Crippen MR) is 140 cm³/mol. The number of hydrogen-bond donors (Lipinski definition) is 2. The highest BCUT2D eigenvalue weighted by molar-refractivity contribution is 14.0. The average molecular weight is 559 g/mol. The van der Waals surface area contributed by atoms with Crippen LogP contribution in [0.3, 0.4) is 0 Å². The third-order valence-electron chi connectivity index (χ3n) is 6.20. The highest BCUT2D eigenvalue weighted by Gasteiger charge is 2.25. The van der Waals surface area contributed by atoms with Crippen LogP contribution in [0.1, 0.15) is 44.1 Å². The number of nitrogens with zero attached hydrogens (tertiary/aromatic N) is 2. The summed E-state index contributed by atoms with van der Waals surface area (Å²) < 4.78 is 10.7. The summed E-state index contributed by atoms with van der Waals surface area (Å²) in [6.07, 6.45) is 6.71. The molecule has 32 heavy (non-hydrogen) atoms. The van der Waals surface area contributed by atoms with Crippen LogP contribution in [-0.4, -0.2) is 63.8 Å². The van der Waals surface area contributed by atoms with E-state index in [4.69, 9.17) is 9.47 Å². The van der Waals surface area contributed by atoms with E-state index in [1.807, 2.05) is 19.2 Å². The number of amides is 1. The van der Waals surface area contributed by atoms with Crippen molar-refractivity contribution < 1.29 is 14.3 Å². The number of hydrogen-bond acceptors (Lipinski definition) is 4. The summed E-state index contributed by atoms with van der Waals surface area (Å²) in [6.45, 7) is 4.65. The fourth-order valence-electron chi connectivity index (χ4n) is 4.43. The van der Waals surface area contributed by atoms with Crippen LogP contribution in [0.15, 0.2) is 29.3 Å². The second kappa shape index (κ2) is 14.7. The van der Waals surface area contributed by atoms with Crippen molar-refractivity contribution in [2.45, 2.75) is 45.1 Å². The van der Waals surface area contributed by atoms with Crippen LogP contribution in [-0.2, 0) is 20.8 Å². The van der Waals surface area contributed by atoms with Gasteiger partial charge < -0.3 is 25.0 Å². The number of ether oxygens (including phenoxy) is 2. The Kier molecular flexibility index (Phi) is 12.3. The molecule has 1 aromatic rings. The molecule has 0 radical (unpaired) electrons. The summed E-state index contributed by atoms with van der Waals surface area (Å²) in [5, 5.41) is 6.58. The van der Waals surface area contributed by atoms with Crippen molar-refractivity contribution in [3.8, 4) is 0 Å². The molecular weight excluding hydrogens is 519 g/mol. The molecule has 1 aliphatic carbocycles. The molecule has 180 valence electrons. The lowest BCUT2D eigenvalue weighted by molar-refractivity contribution is -0.120. The molecular formula is C24H39IN4O3. The fourth-order valence-corrected chi connectivity index (χ4v) is 4.43. The summed E-state index contributed by atoms with van der Waals surface area (Å²) in [4.78, 5) is 19.3. The zero-order valence-electron chi connectivity index (χ0n) is 19.5. The van der Waals surface area contributed by atoms with Gasteiger partial charge >= 0.3 is 0 Å². The minimum absolute atomic E-state index is 0. The van der Waals surface area contributed by atoms with Crippen molar-refractivity contribution in [2.24, 2.45) is 16.8 Å². The summed E-state index contributed by atoms with van der Waals surface area (Å²) >= 11 is 0. The van der Waals surface area contributed by atoms with Gasteiger partial charge in [-0.2, -0.15) is 0 Å². The molecule has 2 aliphatic rings. The van der Waals surface area contributed by atoms with Crippen molar-refractivity contribution in [2.75, 3.05) is 52.4 Å². The van der Waals surface area contributed by atoms with Crippen molar-refractivity contribution >= 4 is 41.5 Å². The van der Waals surface area contributed by atoms with E-state index in [2.05, 4.69) is 32.7 Å². The number of guanidine groups is 1.